The molecule has 3 nitrogen and oxygen atoms in total. The van der Waals surface area contributed by atoms with Crippen molar-refractivity contribution in [1.82, 2.24) is 0 Å². The molecule has 0 saturated carbocycles. The summed E-state index contributed by atoms with van der Waals surface area (Å²) in [5.74, 6) is -0.450. The van der Waals surface area contributed by atoms with Gasteiger partial charge in [-0.15, -0.1) is 0 Å². The van der Waals surface area contributed by atoms with Gasteiger partial charge < -0.3 is 14.6 Å². The molecule has 1 atom stereocenters. The molecular weight excluding hydrogens is 278 g/mol. The van der Waals surface area contributed by atoms with Crippen LogP contribution in [-0.4, -0.2) is 19.3 Å². The average Bonchev–Trinajstić information content (AvgIpc) is 2.49. The molecule has 0 radical (unpaired) electrons. The first-order valence-electron chi connectivity index (χ1n) is 6.33. The lowest BCUT2D eigenvalue weighted by Crippen LogP contribution is -2.05. The minimum atomic E-state index is -1.22. The molecule has 2 aromatic carbocycles. The third-order valence-electron chi connectivity index (χ3n) is 3.30. The molecule has 0 amide bonds. The summed E-state index contributed by atoms with van der Waals surface area (Å²) in [5.41, 5.74) is 0.825. The molecule has 1 N–H and O–H groups in total. The fourth-order valence-corrected chi connectivity index (χ4v) is 2.10. The van der Waals surface area contributed by atoms with Gasteiger partial charge in [-0.2, -0.15) is 0 Å². The molecule has 0 aliphatic rings. The van der Waals surface area contributed by atoms with Gasteiger partial charge in [0, 0.05) is 11.6 Å². The van der Waals surface area contributed by atoms with E-state index in [0.717, 1.165) is 6.07 Å². The molecule has 2 rings (SSSR count). The first-order chi connectivity index (χ1) is 9.97. The van der Waals surface area contributed by atoms with E-state index in [1.54, 1.807) is 6.92 Å². The molecule has 0 fully saturated rings. The van der Waals surface area contributed by atoms with Crippen molar-refractivity contribution in [2.24, 2.45) is 0 Å². The van der Waals surface area contributed by atoms with Crippen LogP contribution in [0.3, 0.4) is 0 Å². The predicted molar refractivity (Wildman–Crippen MR) is 74.7 cm³/mol. The highest BCUT2D eigenvalue weighted by Gasteiger charge is 2.19. The number of aryl methyl sites for hydroxylation is 1. The van der Waals surface area contributed by atoms with E-state index in [0.29, 0.717) is 16.9 Å². The van der Waals surface area contributed by atoms with Crippen molar-refractivity contribution in [3.63, 3.8) is 0 Å². The smallest absolute Gasteiger partial charge is 0.163 e. The Labute approximate surface area is 121 Å². The van der Waals surface area contributed by atoms with Gasteiger partial charge in [0.2, 0.25) is 0 Å². The Bertz CT molecular complexity index is 656. The van der Waals surface area contributed by atoms with Crippen molar-refractivity contribution < 1.29 is 23.4 Å². The Kier molecular flexibility index (Phi) is 4.43. The molecule has 2 aromatic rings. The molecular formula is C16H16F2O3. The highest BCUT2D eigenvalue weighted by atomic mass is 19.1. The lowest BCUT2D eigenvalue weighted by atomic mass is 9.99. The minimum absolute atomic E-state index is 0.0404. The van der Waals surface area contributed by atoms with Gasteiger partial charge in [-0.25, -0.2) is 8.78 Å². The number of rotatable bonds is 4. The Balaban J connectivity index is 2.47. The number of aliphatic hydroxyl groups is 1. The summed E-state index contributed by atoms with van der Waals surface area (Å²) < 4.78 is 37.5. The largest absolute Gasteiger partial charge is 0.493 e. The van der Waals surface area contributed by atoms with Crippen LogP contribution in [0.2, 0.25) is 0 Å². The molecule has 1 unspecified atom stereocenters. The quantitative estimate of drug-likeness (QED) is 0.939. The molecule has 0 heterocycles. The molecule has 0 aromatic heterocycles. The van der Waals surface area contributed by atoms with Crippen molar-refractivity contribution >= 4 is 0 Å². The SMILES string of the molecule is COc1cc(F)c(C(O)c2ccc(F)c(C)c2)cc1OC. The number of hydrogen-bond donors (Lipinski definition) is 1. The topological polar surface area (TPSA) is 38.7 Å². The van der Waals surface area contributed by atoms with Gasteiger partial charge in [0.1, 0.15) is 17.7 Å². The van der Waals surface area contributed by atoms with E-state index in [1.807, 2.05) is 0 Å². The summed E-state index contributed by atoms with van der Waals surface area (Å²) >= 11 is 0. The van der Waals surface area contributed by atoms with Crippen LogP contribution in [0.25, 0.3) is 0 Å². The van der Waals surface area contributed by atoms with Crippen LogP contribution in [0.5, 0.6) is 11.5 Å². The van der Waals surface area contributed by atoms with Crippen LogP contribution in [0, 0.1) is 18.6 Å². The van der Waals surface area contributed by atoms with Crippen LogP contribution in [0.15, 0.2) is 30.3 Å². The third-order valence-corrected chi connectivity index (χ3v) is 3.30. The van der Waals surface area contributed by atoms with Gasteiger partial charge in [-0.05, 0) is 30.2 Å². The first kappa shape index (κ1) is 15.3. The lowest BCUT2D eigenvalue weighted by Gasteiger charge is -2.16. The second-order valence-corrected chi connectivity index (χ2v) is 4.64. The Morgan fingerprint density at radius 3 is 2.14 bits per heavy atom. The summed E-state index contributed by atoms with van der Waals surface area (Å²) in [4.78, 5) is 0. The highest BCUT2D eigenvalue weighted by Crippen LogP contribution is 2.34. The average molecular weight is 294 g/mol. The number of aliphatic hydroxyl groups excluding tert-OH is 1. The molecule has 5 heteroatoms. The van der Waals surface area contributed by atoms with Gasteiger partial charge in [-0.3, -0.25) is 0 Å². The maximum Gasteiger partial charge on any atom is 0.163 e. The number of hydrogen-bond acceptors (Lipinski definition) is 3. The van der Waals surface area contributed by atoms with Crippen LogP contribution in [0.1, 0.15) is 22.8 Å². The maximum absolute atomic E-state index is 14.1. The molecule has 21 heavy (non-hydrogen) atoms. The number of methoxy groups -OCH3 is 2. The fraction of sp³-hybridized carbons (Fsp3) is 0.250. The zero-order valence-electron chi connectivity index (χ0n) is 12.0. The van der Waals surface area contributed by atoms with Gasteiger partial charge in [0.25, 0.3) is 0 Å². The third kappa shape index (κ3) is 2.97. The zero-order valence-corrected chi connectivity index (χ0v) is 12.0. The lowest BCUT2D eigenvalue weighted by molar-refractivity contribution is 0.213. The van der Waals surface area contributed by atoms with Crippen LogP contribution >= 0.6 is 0 Å². The minimum Gasteiger partial charge on any atom is -0.493 e. The standard InChI is InChI=1S/C16H16F2O3/c1-9-6-10(4-5-12(9)17)16(19)11-7-14(20-2)15(21-3)8-13(11)18/h4-8,16,19H,1-3H3. The summed E-state index contributed by atoms with van der Waals surface area (Å²) in [6, 6.07) is 6.66. The van der Waals surface area contributed by atoms with E-state index in [-0.39, 0.29) is 17.1 Å². The highest BCUT2D eigenvalue weighted by molar-refractivity contribution is 5.46. The fourth-order valence-electron chi connectivity index (χ4n) is 2.10. The monoisotopic (exact) mass is 294 g/mol. The second-order valence-electron chi connectivity index (χ2n) is 4.64. The van der Waals surface area contributed by atoms with Crippen LogP contribution in [-0.2, 0) is 0 Å². The van der Waals surface area contributed by atoms with Gasteiger partial charge in [0.05, 0.1) is 14.2 Å². The van der Waals surface area contributed by atoms with E-state index >= 15 is 0 Å². The van der Waals surface area contributed by atoms with Crippen molar-refractivity contribution in [1.29, 1.82) is 0 Å². The molecule has 0 aliphatic carbocycles. The van der Waals surface area contributed by atoms with Gasteiger partial charge in [0.15, 0.2) is 11.5 Å². The van der Waals surface area contributed by atoms with Crippen molar-refractivity contribution in [2.45, 2.75) is 13.0 Å². The van der Waals surface area contributed by atoms with E-state index in [9.17, 15) is 13.9 Å². The zero-order chi connectivity index (χ0) is 15.6. The van der Waals surface area contributed by atoms with E-state index < -0.39 is 11.9 Å². The molecule has 112 valence electrons. The predicted octanol–water partition coefficient (Wildman–Crippen LogP) is 3.37. The molecule has 0 bridgehead atoms. The molecule has 0 spiro atoms. The normalized spacial score (nSPS) is 12.1. The van der Waals surface area contributed by atoms with Crippen LogP contribution in [0.4, 0.5) is 8.78 Å². The Morgan fingerprint density at radius 1 is 0.952 bits per heavy atom. The molecule has 0 saturated heterocycles. The summed E-state index contributed by atoms with van der Waals surface area (Å²) in [6.45, 7) is 1.58. The number of halogens is 2. The maximum atomic E-state index is 14.1. The van der Waals surface area contributed by atoms with Crippen molar-refractivity contribution in [2.75, 3.05) is 14.2 Å². The summed E-state index contributed by atoms with van der Waals surface area (Å²) in [6.07, 6.45) is -1.22. The summed E-state index contributed by atoms with van der Waals surface area (Å²) in [5, 5.41) is 10.3. The first-order valence-corrected chi connectivity index (χ1v) is 6.33. The number of ether oxygens (including phenoxy) is 2. The van der Waals surface area contributed by atoms with Crippen molar-refractivity contribution in [3.05, 3.63) is 58.7 Å². The van der Waals surface area contributed by atoms with Gasteiger partial charge in [-0.1, -0.05) is 12.1 Å². The van der Waals surface area contributed by atoms with E-state index in [4.69, 9.17) is 9.47 Å². The van der Waals surface area contributed by atoms with Crippen LogP contribution < -0.4 is 9.47 Å². The molecule has 0 aliphatic heterocycles. The second kappa shape index (κ2) is 6.10. The number of benzene rings is 2. The van der Waals surface area contributed by atoms with Gasteiger partial charge >= 0.3 is 0 Å². The van der Waals surface area contributed by atoms with E-state index in [1.165, 1.54) is 38.5 Å². The summed E-state index contributed by atoms with van der Waals surface area (Å²) in [7, 11) is 2.82. The van der Waals surface area contributed by atoms with E-state index in [2.05, 4.69) is 0 Å². The van der Waals surface area contributed by atoms with Crippen molar-refractivity contribution in [3.8, 4) is 11.5 Å². The Hall–Kier alpha value is -2.14. The Morgan fingerprint density at radius 2 is 1.57 bits per heavy atom.